The summed E-state index contributed by atoms with van der Waals surface area (Å²) in [5.41, 5.74) is 0.643. The number of rotatable bonds is 7. The normalized spacial score (nSPS) is 21.5. The molecule has 4 aliphatic rings. The number of benzene rings is 2. The van der Waals surface area contributed by atoms with Gasteiger partial charge in [0.1, 0.15) is 5.76 Å². The number of nitrogens with zero attached hydrogens (tertiary/aromatic N) is 2. The number of morpholine rings is 1. The summed E-state index contributed by atoms with van der Waals surface area (Å²) in [6.07, 6.45) is 0. The number of Topliss-reactive ketones (excluding diaryl/α,β-unsaturated/α-hetero) is 1. The number of hydrogen-bond donors (Lipinski definition) is 1. The first kappa shape index (κ1) is 25.1. The van der Waals surface area contributed by atoms with Crippen molar-refractivity contribution in [1.29, 1.82) is 0 Å². The number of amides is 1. The lowest BCUT2D eigenvalue weighted by molar-refractivity contribution is -0.140. The molecule has 206 valence electrons. The molecule has 2 aromatic rings. The number of aliphatic hydroxyl groups is 1. The van der Waals surface area contributed by atoms with E-state index in [1.807, 2.05) is 0 Å². The number of methoxy groups -OCH3 is 2. The maximum atomic E-state index is 13.6. The van der Waals surface area contributed by atoms with Crippen LogP contribution in [0.4, 0.5) is 0 Å². The molecule has 4 heterocycles. The first-order valence-electron chi connectivity index (χ1n) is 12.5. The first-order chi connectivity index (χ1) is 19.0. The molecule has 12 heteroatoms. The molecule has 6 rings (SSSR count). The summed E-state index contributed by atoms with van der Waals surface area (Å²) >= 11 is 0. The van der Waals surface area contributed by atoms with Gasteiger partial charge < -0.3 is 43.2 Å². The largest absolute Gasteiger partial charge is 0.507 e. The number of likely N-dealkylation sites (tertiary alicyclic amines) is 1. The fourth-order valence-corrected chi connectivity index (χ4v) is 5.31. The highest BCUT2D eigenvalue weighted by atomic mass is 16.7. The van der Waals surface area contributed by atoms with Crippen LogP contribution in [0.3, 0.4) is 0 Å². The van der Waals surface area contributed by atoms with E-state index in [1.54, 1.807) is 24.3 Å². The number of ketones is 1. The maximum Gasteiger partial charge on any atom is 0.295 e. The first-order valence-corrected chi connectivity index (χ1v) is 12.5. The molecule has 2 fully saturated rings. The highest BCUT2D eigenvalue weighted by Gasteiger charge is 2.48. The second-order valence-electron chi connectivity index (χ2n) is 9.28. The van der Waals surface area contributed by atoms with Crippen LogP contribution < -0.4 is 28.4 Å². The molecule has 39 heavy (non-hydrogen) atoms. The fourth-order valence-electron chi connectivity index (χ4n) is 5.31. The van der Waals surface area contributed by atoms with Gasteiger partial charge in [-0.15, -0.1) is 0 Å². The van der Waals surface area contributed by atoms with Gasteiger partial charge in [0.15, 0.2) is 23.0 Å². The average molecular weight is 541 g/mol. The number of carbonyl (C=O) groups excluding carboxylic acids is 2. The lowest BCUT2D eigenvalue weighted by Crippen LogP contribution is -2.42. The van der Waals surface area contributed by atoms with Crippen molar-refractivity contribution in [3.63, 3.8) is 0 Å². The molecular formula is C27H28N2O10. The molecule has 4 aliphatic heterocycles. The van der Waals surface area contributed by atoms with E-state index in [0.717, 1.165) is 0 Å². The van der Waals surface area contributed by atoms with Crippen molar-refractivity contribution in [3.8, 4) is 34.5 Å². The van der Waals surface area contributed by atoms with Crippen LogP contribution in [-0.4, -0.2) is 93.8 Å². The Hall–Kier alpha value is -4.16. The minimum Gasteiger partial charge on any atom is -0.507 e. The Labute approximate surface area is 224 Å². The number of fused-ring (bicyclic) bond motifs is 2. The van der Waals surface area contributed by atoms with Gasteiger partial charge in [-0.05, 0) is 24.3 Å². The Morgan fingerprint density at radius 3 is 2.46 bits per heavy atom. The van der Waals surface area contributed by atoms with E-state index in [0.29, 0.717) is 72.7 Å². The SMILES string of the molecule is COc1cc([C@@H]2C(=C(O)c3ccc4c(c3)OCO4)C(=O)C(=O)N2CCN2CCOCC2)c(OC)c2c1OCO2. The van der Waals surface area contributed by atoms with Crippen LogP contribution in [0, 0.1) is 0 Å². The number of carbonyl (C=O) groups is 2. The molecule has 1 atom stereocenters. The van der Waals surface area contributed by atoms with Crippen LogP contribution in [0.5, 0.6) is 34.5 Å². The molecule has 2 saturated heterocycles. The van der Waals surface area contributed by atoms with E-state index in [-0.39, 0.29) is 37.2 Å². The quantitative estimate of drug-likeness (QED) is 0.315. The molecule has 0 saturated carbocycles. The summed E-state index contributed by atoms with van der Waals surface area (Å²) in [7, 11) is 2.94. The second kappa shape index (κ2) is 10.2. The fraction of sp³-hybridized carbons (Fsp3) is 0.407. The molecule has 0 aliphatic carbocycles. The number of ether oxygens (including phenoxy) is 7. The van der Waals surface area contributed by atoms with Crippen molar-refractivity contribution in [1.82, 2.24) is 9.80 Å². The van der Waals surface area contributed by atoms with Gasteiger partial charge in [0.25, 0.3) is 11.7 Å². The summed E-state index contributed by atoms with van der Waals surface area (Å²) in [6.45, 7) is 3.38. The van der Waals surface area contributed by atoms with Crippen LogP contribution in [0.25, 0.3) is 5.76 Å². The van der Waals surface area contributed by atoms with Crippen molar-refractivity contribution < 1.29 is 47.9 Å². The van der Waals surface area contributed by atoms with Crippen LogP contribution in [0.1, 0.15) is 17.2 Å². The van der Waals surface area contributed by atoms with E-state index >= 15 is 0 Å². The van der Waals surface area contributed by atoms with Crippen LogP contribution in [0.15, 0.2) is 29.8 Å². The van der Waals surface area contributed by atoms with Crippen molar-refractivity contribution in [2.45, 2.75) is 6.04 Å². The smallest absolute Gasteiger partial charge is 0.295 e. The van der Waals surface area contributed by atoms with Gasteiger partial charge in [0.2, 0.25) is 25.1 Å². The zero-order valence-electron chi connectivity index (χ0n) is 21.6. The minimum atomic E-state index is -0.991. The summed E-state index contributed by atoms with van der Waals surface area (Å²) in [4.78, 5) is 30.7. The Kier molecular flexibility index (Phi) is 6.57. The Bertz CT molecular complexity index is 1350. The highest BCUT2D eigenvalue weighted by molar-refractivity contribution is 6.46. The molecule has 1 amide bonds. The molecule has 2 aromatic carbocycles. The molecule has 0 spiro atoms. The van der Waals surface area contributed by atoms with Crippen LogP contribution >= 0.6 is 0 Å². The summed E-state index contributed by atoms with van der Waals surface area (Å²) < 4.78 is 38.8. The highest BCUT2D eigenvalue weighted by Crippen LogP contribution is 2.54. The lowest BCUT2D eigenvalue weighted by Gasteiger charge is -2.31. The van der Waals surface area contributed by atoms with Crippen LogP contribution in [-0.2, 0) is 14.3 Å². The molecule has 0 radical (unpaired) electrons. The molecule has 0 bridgehead atoms. The van der Waals surface area contributed by atoms with Gasteiger partial charge in [-0.2, -0.15) is 0 Å². The predicted molar refractivity (Wildman–Crippen MR) is 135 cm³/mol. The van der Waals surface area contributed by atoms with Gasteiger partial charge in [-0.1, -0.05) is 0 Å². The number of aliphatic hydroxyl groups excluding tert-OH is 1. The third kappa shape index (κ3) is 4.25. The number of hydrogen-bond acceptors (Lipinski definition) is 11. The van der Waals surface area contributed by atoms with Crippen LogP contribution in [0.2, 0.25) is 0 Å². The minimum absolute atomic E-state index is 0.0417. The zero-order valence-corrected chi connectivity index (χ0v) is 21.6. The Morgan fingerprint density at radius 2 is 1.69 bits per heavy atom. The standard InChI is InChI=1S/C27H28N2O10/c1-33-19-12-16(24(34-2)26-25(19)38-14-39-26)21-20(22(30)15-3-4-17-18(11-15)37-13-36-17)23(31)27(32)29(21)6-5-28-7-9-35-10-8-28/h3-4,11-12,21,30H,5-10,13-14H2,1-2H3/t21-/m1/s1. The molecule has 12 nitrogen and oxygen atoms in total. The van der Waals surface area contributed by atoms with Crippen molar-refractivity contribution in [3.05, 3.63) is 41.0 Å². The average Bonchev–Trinajstić information content (AvgIpc) is 3.70. The third-order valence-corrected chi connectivity index (χ3v) is 7.26. The lowest BCUT2D eigenvalue weighted by atomic mass is 9.93. The van der Waals surface area contributed by atoms with Crippen molar-refractivity contribution >= 4 is 17.4 Å². The third-order valence-electron chi connectivity index (χ3n) is 7.26. The monoisotopic (exact) mass is 540 g/mol. The van der Waals surface area contributed by atoms with E-state index in [9.17, 15) is 14.7 Å². The van der Waals surface area contributed by atoms with Gasteiger partial charge in [-0.3, -0.25) is 14.5 Å². The van der Waals surface area contributed by atoms with E-state index in [2.05, 4.69) is 4.90 Å². The maximum absolute atomic E-state index is 13.6. The van der Waals surface area contributed by atoms with Crippen molar-refractivity contribution in [2.75, 3.05) is 67.2 Å². The molecule has 0 unspecified atom stereocenters. The van der Waals surface area contributed by atoms with Gasteiger partial charge in [-0.25, -0.2) is 0 Å². The predicted octanol–water partition coefficient (Wildman–Crippen LogP) is 1.92. The molecular weight excluding hydrogens is 512 g/mol. The molecule has 0 aromatic heterocycles. The summed E-state index contributed by atoms with van der Waals surface area (Å²) in [5, 5.41) is 11.5. The van der Waals surface area contributed by atoms with E-state index in [4.69, 9.17) is 33.2 Å². The van der Waals surface area contributed by atoms with E-state index in [1.165, 1.54) is 19.1 Å². The van der Waals surface area contributed by atoms with E-state index < -0.39 is 17.7 Å². The zero-order chi connectivity index (χ0) is 27.1. The Morgan fingerprint density at radius 1 is 0.949 bits per heavy atom. The van der Waals surface area contributed by atoms with Gasteiger partial charge >= 0.3 is 0 Å². The summed E-state index contributed by atoms with van der Waals surface area (Å²) in [5.74, 6) is 0.362. The van der Waals surface area contributed by atoms with Crippen molar-refractivity contribution in [2.24, 2.45) is 0 Å². The topological polar surface area (TPSA) is 125 Å². The molecule has 1 N–H and O–H groups in total. The summed E-state index contributed by atoms with van der Waals surface area (Å²) in [6, 6.07) is 5.49. The Balaban J connectivity index is 1.49. The van der Waals surface area contributed by atoms with Gasteiger partial charge in [0.05, 0.1) is 39.0 Å². The van der Waals surface area contributed by atoms with Gasteiger partial charge in [0, 0.05) is 37.3 Å². The second-order valence-corrected chi connectivity index (χ2v) is 9.28.